The summed E-state index contributed by atoms with van der Waals surface area (Å²) in [5.41, 5.74) is 0.803. The molecule has 25 heavy (non-hydrogen) atoms. The highest BCUT2D eigenvalue weighted by Gasteiger charge is 2.08. The normalized spacial score (nSPS) is 11.0. The Labute approximate surface area is 148 Å². The van der Waals surface area contributed by atoms with Crippen LogP contribution in [0.3, 0.4) is 0 Å². The zero-order chi connectivity index (χ0) is 18.2. The molecule has 2 rings (SSSR count). The van der Waals surface area contributed by atoms with E-state index in [1.165, 1.54) is 0 Å². The van der Waals surface area contributed by atoms with E-state index in [-0.39, 0.29) is 17.4 Å². The van der Waals surface area contributed by atoms with E-state index in [1.54, 1.807) is 17.7 Å². The Kier molecular flexibility index (Phi) is 7.04. The number of unbranched alkanes of at least 4 members (excludes halogenated alkanes) is 3. The number of nitrogens with zero attached hydrogens (tertiary/aromatic N) is 1. The summed E-state index contributed by atoms with van der Waals surface area (Å²) in [6, 6.07) is 9.29. The standard InChI is InChI=1S/C20H27NO4/c1-15(2)20(23)25-13-9-5-4-8-12-24-18-14-19(22)21(3)17-11-7-6-10-16(17)18/h6-7,10-11,14-15H,4-5,8-9,12-13H2,1-3H3. The van der Waals surface area contributed by atoms with Crippen molar-refractivity contribution >= 4 is 16.9 Å². The molecule has 0 saturated heterocycles. The summed E-state index contributed by atoms with van der Waals surface area (Å²) in [7, 11) is 1.76. The Morgan fingerprint density at radius 1 is 1.08 bits per heavy atom. The van der Waals surface area contributed by atoms with Crippen LogP contribution in [-0.2, 0) is 16.6 Å². The van der Waals surface area contributed by atoms with Crippen LogP contribution in [-0.4, -0.2) is 23.8 Å². The number of pyridine rings is 1. The minimum Gasteiger partial charge on any atom is -0.493 e. The summed E-state index contributed by atoms with van der Waals surface area (Å²) in [4.78, 5) is 23.3. The van der Waals surface area contributed by atoms with Crippen molar-refractivity contribution in [3.63, 3.8) is 0 Å². The van der Waals surface area contributed by atoms with Gasteiger partial charge in [-0.2, -0.15) is 0 Å². The van der Waals surface area contributed by atoms with Crippen molar-refractivity contribution in [1.29, 1.82) is 0 Å². The highest BCUT2D eigenvalue weighted by molar-refractivity contribution is 5.85. The van der Waals surface area contributed by atoms with E-state index in [2.05, 4.69) is 0 Å². The summed E-state index contributed by atoms with van der Waals surface area (Å²) < 4.78 is 12.6. The molecule has 5 heteroatoms. The molecule has 1 aromatic carbocycles. The third-order valence-corrected chi connectivity index (χ3v) is 4.13. The second-order valence-corrected chi connectivity index (χ2v) is 6.51. The highest BCUT2D eigenvalue weighted by Crippen LogP contribution is 2.23. The lowest BCUT2D eigenvalue weighted by Gasteiger charge is -2.11. The van der Waals surface area contributed by atoms with Crippen LogP contribution in [0.1, 0.15) is 39.5 Å². The number of fused-ring (bicyclic) bond motifs is 1. The summed E-state index contributed by atoms with van der Waals surface area (Å²) in [6.07, 6.45) is 3.77. The van der Waals surface area contributed by atoms with Crippen LogP contribution >= 0.6 is 0 Å². The first-order valence-corrected chi connectivity index (χ1v) is 8.89. The molecule has 0 aliphatic carbocycles. The minimum absolute atomic E-state index is 0.0678. The SMILES string of the molecule is CC(C)C(=O)OCCCCCCOc1cc(=O)n(C)c2ccccc12. The Bertz CT molecular complexity index is 764. The molecule has 0 unspecified atom stereocenters. The number of rotatable bonds is 9. The van der Waals surface area contributed by atoms with Crippen molar-refractivity contribution in [3.8, 4) is 5.75 Å². The third-order valence-electron chi connectivity index (χ3n) is 4.13. The fraction of sp³-hybridized carbons (Fsp3) is 0.500. The molecule has 0 N–H and O–H groups in total. The van der Waals surface area contributed by atoms with Crippen LogP contribution < -0.4 is 10.3 Å². The van der Waals surface area contributed by atoms with E-state index in [0.717, 1.165) is 36.6 Å². The molecule has 5 nitrogen and oxygen atoms in total. The van der Waals surface area contributed by atoms with Crippen LogP contribution in [0.25, 0.3) is 10.9 Å². The maximum absolute atomic E-state index is 12.0. The van der Waals surface area contributed by atoms with Gasteiger partial charge < -0.3 is 14.0 Å². The topological polar surface area (TPSA) is 57.5 Å². The van der Waals surface area contributed by atoms with Gasteiger partial charge in [0.1, 0.15) is 5.75 Å². The number of carbonyl (C=O) groups excluding carboxylic acids is 1. The quantitative estimate of drug-likeness (QED) is 0.514. The van der Waals surface area contributed by atoms with Crippen LogP contribution in [0.4, 0.5) is 0 Å². The van der Waals surface area contributed by atoms with E-state index in [1.807, 2.05) is 38.1 Å². The molecule has 0 aliphatic heterocycles. The summed E-state index contributed by atoms with van der Waals surface area (Å²) in [6.45, 7) is 4.72. The van der Waals surface area contributed by atoms with Gasteiger partial charge in [0.25, 0.3) is 5.56 Å². The molecule has 0 amide bonds. The monoisotopic (exact) mass is 345 g/mol. The number of carbonyl (C=O) groups is 1. The molecule has 0 saturated carbocycles. The Morgan fingerprint density at radius 3 is 2.48 bits per heavy atom. The van der Waals surface area contributed by atoms with Crippen LogP contribution in [0.15, 0.2) is 35.1 Å². The molecule has 0 spiro atoms. The van der Waals surface area contributed by atoms with Gasteiger partial charge in [0.05, 0.1) is 24.6 Å². The van der Waals surface area contributed by atoms with Gasteiger partial charge in [-0.1, -0.05) is 26.0 Å². The van der Waals surface area contributed by atoms with Gasteiger partial charge in [-0.3, -0.25) is 9.59 Å². The number of hydrogen-bond acceptors (Lipinski definition) is 4. The smallest absolute Gasteiger partial charge is 0.308 e. The van der Waals surface area contributed by atoms with Gasteiger partial charge in [0.15, 0.2) is 0 Å². The van der Waals surface area contributed by atoms with Crippen molar-refractivity contribution in [2.24, 2.45) is 13.0 Å². The second-order valence-electron chi connectivity index (χ2n) is 6.51. The van der Waals surface area contributed by atoms with Crippen molar-refractivity contribution in [1.82, 2.24) is 4.57 Å². The number of ether oxygens (including phenoxy) is 2. The zero-order valence-electron chi connectivity index (χ0n) is 15.3. The zero-order valence-corrected chi connectivity index (χ0v) is 15.3. The summed E-state index contributed by atoms with van der Waals surface area (Å²) >= 11 is 0. The van der Waals surface area contributed by atoms with E-state index in [0.29, 0.717) is 19.0 Å². The minimum atomic E-state index is -0.138. The van der Waals surface area contributed by atoms with Crippen LogP contribution in [0, 0.1) is 5.92 Å². The average molecular weight is 345 g/mol. The Morgan fingerprint density at radius 2 is 1.76 bits per heavy atom. The number of aromatic nitrogens is 1. The molecule has 0 fully saturated rings. The fourth-order valence-electron chi connectivity index (χ4n) is 2.58. The molecule has 0 atom stereocenters. The molecular weight excluding hydrogens is 318 g/mol. The first kappa shape index (κ1) is 19.0. The molecule has 2 aromatic rings. The van der Waals surface area contributed by atoms with E-state index in [4.69, 9.17) is 9.47 Å². The van der Waals surface area contributed by atoms with E-state index >= 15 is 0 Å². The van der Waals surface area contributed by atoms with Crippen LogP contribution in [0.5, 0.6) is 5.75 Å². The molecule has 0 radical (unpaired) electrons. The lowest BCUT2D eigenvalue weighted by atomic mass is 10.2. The fourth-order valence-corrected chi connectivity index (χ4v) is 2.58. The van der Waals surface area contributed by atoms with Gasteiger partial charge in [0.2, 0.25) is 0 Å². The summed E-state index contributed by atoms with van der Waals surface area (Å²) in [5.74, 6) is 0.437. The lowest BCUT2D eigenvalue weighted by molar-refractivity contribution is -0.147. The van der Waals surface area contributed by atoms with E-state index < -0.39 is 0 Å². The molecule has 1 heterocycles. The van der Waals surface area contributed by atoms with Gasteiger partial charge in [-0.15, -0.1) is 0 Å². The largest absolute Gasteiger partial charge is 0.493 e. The van der Waals surface area contributed by atoms with Crippen molar-refractivity contribution < 1.29 is 14.3 Å². The predicted molar refractivity (Wildman–Crippen MR) is 98.9 cm³/mol. The number of hydrogen-bond donors (Lipinski definition) is 0. The molecule has 0 aliphatic rings. The Balaban J connectivity index is 1.74. The first-order valence-electron chi connectivity index (χ1n) is 8.89. The lowest BCUT2D eigenvalue weighted by Crippen LogP contribution is -2.16. The molecular formula is C20H27NO4. The first-order chi connectivity index (χ1) is 12.0. The van der Waals surface area contributed by atoms with Crippen LogP contribution in [0.2, 0.25) is 0 Å². The second kappa shape index (κ2) is 9.25. The van der Waals surface area contributed by atoms with Gasteiger partial charge in [-0.25, -0.2) is 0 Å². The molecule has 1 aromatic heterocycles. The number of aryl methyl sites for hydroxylation is 1. The van der Waals surface area contributed by atoms with Crippen molar-refractivity contribution in [3.05, 3.63) is 40.7 Å². The maximum atomic E-state index is 12.0. The maximum Gasteiger partial charge on any atom is 0.308 e. The van der Waals surface area contributed by atoms with Crippen molar-refractivity contribution in [2.75, 3.05) is 13.2 Å². The van der Waals surface area contributed by atoms with Gasteiger partial charge in [-0.05, 0) is 37.8 Å². The van der Waals surface area contributed by atoms with Crippen molar-refractivity contribution in [2.45, 2.75) is 39.5 Å². The van der Waals surface area contributed by atoms with E-state index in [9.17, 15) is 9.59 Å². The third kappa shape index (κ3) is 5.34. The molecule has 136 valence electrons. The predicted octanol–water partition coefficient (Wildman–Crippen LogP) is 3.68. The molecule has 0 bridgehead atoms. The average Bonchev–Trinajstić information content (AvgIpc) is 2.61. The number of para-hydroxylation sites is 1. The Hall–Kier alpha value is -2.30. The van der Waals surface area contributed by atoms with Gasteiger partial charge in [0, 0.05) is 18.5 Å². The number of esters is 1. The summed E-state index contributed by atoms with van der Waals surface area (Å²) in [5, 5.41) is 0.949. The van der Waals surface area contributed by atoms with Gasteiger partial charge >= 0.3 is 5.97 Å². The highest BCUT2D eigenvalue weighted by atomic mass is 16.5. The number of benzene rings is 1.